The van der Waals surface area contributed by atoms with Crippen LogP contribution in [-0.2, 0) is 11.2 Å². The van der Waals surface area contributed by atoms with Crippen LogP contribution < -0.4 is 10.1 Å². The SMILES string of the molecule is Cc1cc(C)n(-c2ccc(CCNC(=O)CCCOc3ccc(F)cc3)cc2)n1. The highest BCUT2D eigenvalue weighted by atomic mass is 19.1. The molecule has 29 heavy (non-hydrogen) atoms. The molecule has 1 amide bonds. The van der Waals surface area contributed by atoms with Gasteiger partial charge in [-0.05, 0) is 74.7 Å². The molecule has 1 N–H and O–H groups in total. The second-order valence-electron chi connectivity index (χ2n) is 7.01. The lowest BCUT2D eigenvalue weighted by Gasteiger charge is -2.08. The molecule has 0 radical (unpaired) electrons. The molecule has 3 aromatic rings. The summed E-state index contributed by atoms with van der Waals surface area (Å²) in [7, 11) is 0. The van der Waals surface area contributed by atoms with Gasteiger partial charge in [0.15, 0.2) is 0 Å². The zero-order valence-electron chi connectivity index (χ0n) is 16.8. The number of hydrogen-bond donors (Lipinski definition) is 1. The Bertz CT molecular complexity index is 934. The number of aryl methyl sites for hydroxylation is 2. The first kappa shape index (κ1) is 20.6. The molecule has 1 heterocycles. The average molecular weight is 395 g/mol. The molecule has 152 valence electrons. The van der Waals surface area contributed by atoms with E-state index in [-0.39, 0.29) is 11.7 Å². The molecule has 6 heteroatoms. The van der Waals surface area contributed by atoms with Gasteiger partial charge in [-0.1, -0.05) is 12.1 Å². The van der Waals surface area contributed by atoms with Crippen LogP contribution in [-0.4, -0.2) is 28.8 Å². The van der Waals surface area contributed by atoms with Crippen molar-refractivity contribution >= 4 is 5.91 Å². The summed E-state index contributed by atoms with van der Waals surface area (Å²) >= 11 is 0. The van der Waals surface area contributed by atoms with Crippen LogP contribution in [0.1, 0.15) is 29.8 Å². The number of benzene rings is 2. The second kappa shape index (κ2) is 9.87. The summed E-state index contributed by atoms with van der Waals surface area (Å²) < 4.78 is 20.2. The van der Waals surface area contributed by atoms with Crippen molar-refractivity contribution in [3.63, 3.8) is 0 Å². The molecule has 0 aliphatic heterocycles. The molecule has 5 nitrogen and oxygen atoms in total. The van der Waals surface area contributed by atoms with Gasteiger partial charge in [0.2, 0.25) is 5.91 Å². The minimum Gasteiger partial charge on any atom is -0.494 e. The molecular weight excluding hydrogens is 369 g/mol. The van der Waals surface area contributed by atoms with E-state index < -0.39 is 0 Å². The molecule has 0 atom stereocenters. The number of ether oxygens (including phenoxy) is 1. The second-order valence-corrected chi connectivity index (χ2v) is 7.01. The Balaban J connectivity index is 1.34. The van der Waals surface area contributed by atoms with Crippen molar-refractivity contribution in [2.45, 2.75) is 33.1 Å². The van der Waals surface area contributed by atoms with Crippen LogP contribution in [0.2, 0.25) is 0 Å². The Morgan fingerprint density at radius 3 is 2.48 bits per heavy atom. The maximum atomic E-state index is 12.8. The van der Waals surface area contributed by atoms with E-state index in [0.717, 1.165) is 29.1 Å². The lowest BCUT2D eigenvalue weighted by molar-refractivity contribution is -0.121. The van der Waals surface area contributed by atoms with Crippen LogP contribution in [0.25, 0.3) is 5.69 Å². The predicted molar refractivity (Wildman–Crippen MR) is 111 cm³/mol. The third-order valence-corrected chi connectivity index (χ3v) is 4.56. The number of amides is 1. The summed E-state index contributed by atoms with van der Waals surface area (Å²) in [6.45, 7) is 5.04. The monoisotopic (exact) mass is 395 g/mol. The fraction of sp³-hybridized carbons (Fsp3) is 0.304. The number of hydrogen-bond acceptors (Lipinski definition) is 3. The lowest BCUT2D eigenvalue weighted by Crippen LogP contribution is -2.25. The number of carbonyl (C=O) groups excluding carboxylic acids is 1. The number of halogens is 1. The van der Waals surface area contributed by atoms with Gasteiger partial charge in [-0.25, -0.2) is 9.07 Å². The van der Waals surface area contributed by atoms with Gasteiger partial charge in [-0.3, -0.25) is 4.79 Å². The van der Waals surface area contributed by atoms with E-state index in [1.165, 1.54) is 12.1 Å². The van der Waals surface area contributed by atoms with Crippen LogP contribution in [0.4, 0.5) is 4.39 Å². The van der Waals surface area contributed by atoms with Gasteiger partial charge in [0.05, 0.1) is 18.0 Å². The van der Waals surface area contributed by atoms with E-state index in [1.807, 2.05) is 36.7 Å². The normalized spacial score (nSPS) is 10.7. The quantitative estimate of drug-likeness (QED) is 0.554. The largest absolute Gasteiger partial charge is 0.494 e. The number of carbonyl (C=O) groups is 1. The number of rotatable bonds is 9. The van der Waals surface area contributed by atoms with E-state index in [2.05, 4.69) is 22.5 Å². The van der Waals surface area contributed by atoms with Gasteiger partial charge in [-0.15, -0.1) is 0 Å². The summed E-state index contributed by atoms with van der Waals surface area (Å²) in [5, 5.41) is 7.42. The zero-order chi connectivity index (χ0) is 20.6. The van der Waals surface area contributed by atoms with E-state index in [1.54, 1.807) is 12.1 Å². The Morgan fingerprint density at radius 2 is 1.83 bits per heavy atom. The van der Waals surface area contributed by atoms with Gasteiger partial charge in [0.25, 0.3) is 0 Å². The van der Waals surface area contributed by atoms with E-state index in [0.29, 0.717) is 31.7 Å². The minimum atomic E-state index is -0.294. The lowest BCUT2D eigenvalue weighted by atomic mass is 10.1. The Morgan fingerprint density at radius 1 is 1.10 bits per heavy atom. The fourth-order valence-electron chi connectivity index (χ4n) is 3.08. The summed E-state index contributed by atoms with van der Waals surface area (Å²) in [6, 6.07) is 16.1. The predicted octanol–water partition coefficient (Wildman–Crippen LogP) is 4.15. The van der Waals surface area contributed by atoms with Gasteiger partial charge < -0.3 is 10.1 Å². The molecular formula is C23H26FN3O2. The highest BCUT2D eigenvalue weighted by Gasteiger charge is 2.05. The van der Waals surface area contributed by atoms with Gasteiger partial charge in [0, 0.05) is 18.7 Å². The highest BCUT2D eigenvalue weighted by Crippen LogP contribution is 2.13. The number of nitrogens with one attached hydrogen (secondary N) is 1. The molecule has 0 aliphatic rings. The Labute approximate surface area is 170 Å². The Hall–Kier alpha value is -3.15. The van der Waals surface area contributed by atoms with Gasteiger partial charge in [0.1, 0.15) is 11.6 Å². The van der Waals surface area contributed by atoms with Crippen LogP contribution >= 0.6 is 0 Å². The molecule has 0 bridgehead atoms. The van der Waals surface area contributed by atoms with Crippen molar-refractivity contribution in [3.05, 3.63) is 77.4 Å². The van der Waals surface area contributed by atoms with Crippen molar-refractivity contribution in [1.29, 1.82) is 0 Å². The maximum Gasteiger partial charge on any atom is 0.220 e. The summed E-state index contributed by atoms with van der Waals surface area (Å²) in [4.78, 5) is 11.9. The number of nitrogens with zero attached hydrogens (tertiary/aromatic N) is 2. The molecule has 0 aliphatic carbocycles. The van der Waals surface area contributed by atoms with E-state index in [9.17, 15) is 9.18 Å². The van der Waals surface area contributed by atoms with Crippen molar-refractivity contribution in [2.24, 2.45) is 0 Å². The summed E-state index contributed by atoms with van der Waals surface area (Å²) in [5.41, 5.74) is 4.29. The zero-order valence-corrected chi connectivity index (χ0v) is 16.8. The van der Waals surface area contributed by atoms with Crippen molar-refractivity contribution in [3.8, 4) is 11.4 Å². The van der Waals surface area contributed by atoms with E-state index >= 15 is 0 Å². The summed E-state index contributed by atoms with van der Waals surface area (Å²) in [6.07, 6.45) is 1.79. The standard InChI is InChI=1S/C23H26FN3O2/c1-17-16-18(2)27(26-17)21-9-5-19(6-10-21)13-14-25-23(28)4-3-15-29-22-11-7-20(24)8-12-22/h5-12,16H,3-4,13-15H2,1-2H3,(H,25,28). The van der Waals surface area contributed by atoms with Crippen LogP contribution in [0.3, 0.4) is 0 Å². The third-order valence-electron chi connectivity index (χ3n) is 4.56. The first-order valence-electron chi connectivity index (χ1n) is 9.79. The minimum absolute atomic E-state index is 0.00645. The summed E-state index contributed by atoms with van der Waals surface area (Å²) in [5.74, 6) is 0.320. The molecule has 0 unspecified atom stereocenters. The maximum absolute atomic E-state index is 12.8. The van der Waals surface area contributed by atoms with Crippen LogP contribution in [0.15, 0.2) is 54.6 Å². The topological polar surface area (TPSA) is 56.2 Å². The third kappa shape index (κ3) is 6.17. The van der Waals surface area contributed by atoms with Gasteiger partial charge in [-0.2, -0.15) is 5.10 Å². The smallest absolute Gasteiger partial charge is 0.220 e. The molecule has 0 spiro atoms. The first-order chi connectivity index (χ1) is 14.0. The first-order valence-corrected chi connectivity index (χ1v) is 9.79. The molecule has 2 aromatic carbocycles. The molecule has 0 fully saturated rings. The van der Waals surface area contributed by atoms with Crippen molar-refractivity contribution in [2.75, 3.05) is 13.2 Å². The molecule has 1 aromatic heterocycles. The van der Waals surface area contributed by atoms with Crippen LogP contribution in [0, 0.1) is 19.7 Å². The van der Waals surface area contributed by atoms with E-state index in [4.69, 9.17) is 4.74 Å². The molecule has 0 saturated carbocycles. The highest BCUT2D eigenvalue weighted by molar-refractivity contribution is 5.75. The number of aromatic nitrogens is 2. The average Bonchev–Trinajstić information content (AvgIpc) is 3.05. The van der Waals surface area contributed by atoms with Crippen molar-refractivity contribution < 1.29 is 13.9 Å². The Kier molecular flexibility index (Phi) is 7.00. The fourth-order valence-corrected chi connectivity index (χ4v) is 3.08. The van der Waals surface area contributed by atoms with Crippen molar-refractivity contribution in [1.82, 2.24) is 15.1 Å². The van der Waals surface area contributed by atoms with Gasteiger partial charge >= 0.3 is 0 Å². The van der Waals surface area contributed by atoms with Crippen LogP contribution in [0.5, 0.6) is 5.75 Å². The molecule has 3 rings (SSSR count). The molecule has 0 saturated heterocycles.